The summed E-state index contributed by atoms with van der Waals surface area (Å²) in [6.07, 6.45) is 92.1. The van der Waals surface area contributed by atoms with Crippen molar-refractivity contribution < 1.29 is 75.8 Å². The molecule has 5 unspecified atom stereocenters. The van der Waals surface area contributed by atoms with E-state index in [9.17, 15) is 43.5 Å². The lowest BCUT2D eigenvalue weighted by Crippen LogP contribution is -2.30. The Balaban J connectivity index is 4.80. The standard InChI is InChI=1S/C81H130O16P2/c1-4-7-10-13-16-19-22-25-28-31-34-36-37-39-42-43-46-49-52-55-58-61-64-67-79(84)91-70-76(82)71-93-98(87,88)94-72-77(83)73-95-99(89,90)96-75-78(97-81(86)69-66-63-60-57-54-51-48-45-40-33-30-27-24-21-18-15-12-9-6-3)74-92-80(85)68-65-62-59-56-53-50-47-44-41-38-35-32-29-26-23-20-17-14-11-8-5-2/h7-8,10-11,16-21,25-30,34-36,38-40,42,44-47,49,53,56,76-78,82-83H,4-6,9,12-15,22-24,31-33,37,41,43,48,50-52,54-55,57-75H2,1-3H3,(H,87,88)(H,89,90)/b10-7-,11-8-,19-16-,20-17-,21-18-,28-25-,29-26-,30-27-,36-34-,38-35-,42-39-,45-40-,47-44-,49-46-,56-53-. The molecule has 560 valence electrons. The number of esters is 3. The number of aliphatic hydroxyl groups is 2. The minimum Gasteiger partial charge on any atom is -0.463 e. The van der Waals surface area contributed by atoms with Gasteiger partial charge >= 0.3 is 33.6 Å². The van der Waals surface area contributed by atoms with E-state index < -0.39 is 91.5 Å². The van der Waals surface area contributed by atoms with Gasteiger partial charge in [0, 0.05) is 19.3 Å². The van der Waals surface area contributed by atoms with Gasteiger partial charge in [-0.05, 0) is 161 Å². The molecular weight excluding hydrogens is 1290 g/mol. The molecule has 0 aliphatic rings. The number of hydrogen-bond donors (Lipinski definition) is 4. The van der Waals surface area contributed by atoms with E-state index in [1.54, 1.807) is 0 Å². The fraction of sp³-hybridized carbons (Fsp3) is 0.593. The number of ether oxygens (including phenoxy) is 3. The lowest BCUT2D eigenvalue weighted by Gasteiger charge is -2.21. The van der Waals surface area contributed by atoms with Crippen molar-refractivity contribution in [1.82, 2.24) is 0 Å². The first-order valence-electron chi connectivity index (χ1n) is 37.1. The second kappa shape index (κ2) is 72.4. The number of phosphoric ester groups is 2. The third-order valence-corrected chi connectivity index (χ3v) is 16.5. The molecule has 16 nitrogen and oxygen atoms in total. The molecule has 0 aliphatic carbocycles. The number of carbonyl (C=O) groups is 3. The molecule has 0 aromatic carbocycles. The number of phosphoric acid groups is 2. The fourth-order valence-corrected chi connectivity index (χ4v) is 10.6. The Kier molecular flexibility index (Phi) is 68.5. The summed E-state index contributed by atoms with van der Waals surface area (Å²) >= 11 is 0. The number of unbranched alkanes of at least 4 members (excludes halogenated alkanes) is 15. The highest BCUT2D eigenvalue weighted by molar-refractivity contribution is 7.47. The van der Waals surface area contributed by atoms with E-state index in [2.05, 4.69) is 203 Å². The molecule has 5 atom stereocenters. The molecule has 4 N–H and O–H groups in total. The van der Waals surface area contributed by atoms with Crippen molar-refractivity contribution in [2.24, 2.45) is 0 Å². The molecule has 0 saturated heterocycles. The molecule has 0 spiro atoms. The molecule has 0 fully saturated rings. The van der Waals surface area contributed by atoms with E-state index in [4.69, 9.17) is 32.3 Å². The molecule has 0 rings (SSSR count). The second-order valence-electron chi connectivity index (χ2n) is 24.0. The van der Waals surface area contributed by atoms with Crippen molar-refractivity contribution in [3.63, 3.8) is 0 Å². The Labute approximate surface area is 598 Å². The molecule has 0 radical (unpaired) electrons. The molecule has 0 saturated carbocycles. The molecule has 0 aliphatic heterocycles. The van der Waals surface area contributed by atoms with Crippen molar-refractivity contribution in [1.29, 1.82) is 0 Å². The summed E-state index contributed by atoms with van der Waals surface area (Å²) in [5.41, 5.74) is 0. The van der Waals surface area contributed by atoms with E-state index in [0.717, 1.165) is 173 Å². The first-order chi connectivity index (χ1) is 48.2. The number of hydrogen-bond acceptors (Lipinski definition) is 14. The van der Waals surface area contributed by atoms with Gasteiger partial charge in [0.1, 0.15) is 25.4 Å². The van der Waals surface area contributed by atoms with Crippen molar-refractivity contribution >= 4 is 33.6 Å². The van der Waals surface area contributed by atoms with Crippen LogP contribution in [0, 0.1) is 0 Å². The zero-order valence-corrected chi connectivity index (χ0v) is 62.6. The van der Waals surface area contributed by atoms with Crippen LogP contribution in [0.4, 0.5) is 0 Å². The second-order valence-corrected chi connectivity index (χ2v) is 26.9. The van der Waals surface area contributed by atoms with E-state index >= 15 is 0 Å². The van der Waals surface area contributed by atoms with Gasteiger partial charge in [0.15, 0.2) is 6.10 Å². The van der Waals surface area contributed by atoms with Gasteiger partial charge < -0.3 is 34.2 Å². The third-order valence-electron chi connectivity index (χ3n) is 14.6. The van der Waals surface area contributed by atoms with Gasteiger partial charge in [0.25, 0.3) is 0 Å². The summed E-state index contributed by atoms with van der Waals surface area (Å²) in [4.78, 5) is 58.6. The number of allylic oxidation sites excluding steroid dienone is 30. The highest BCUT2D eigenvalue weighted by Gasteiger charge is 2.29. The van der Waals surface area contributed by atoms with Gasteiger partial charge in [-0.1, -0.05) is 254 Å². The molecule has 0 bridgehead atoms. The maximum Gasteiger partial charge on any atom is 0.472 e. The van der Waals surface area contributed by atoms with Crippen LogP contribution in [0.1, 0.15) is 252 Å². The topological polar surface area (TPSA) is 231 Å². The minimum atomic E-state index is -4.96. The van der Waals surface area contributed by atoms with Crippen LogP contribution in [0.5, 0.6) is 0 Å². The van der Waals surface area contributed by atoms with Crippen LogP contribution in [-0.2, 0) is 55.8 Å². The van der Waals surface area contributed by atoms with E-state index in [0.29, 0.717) is 19.3 Å². The van der Waals surface area contributed by atoms with E-state index in [1.807, 2.05) is 0 Å². The van der Waals surface area contributed by atoms with Crippen LogP contribution < -0.4 is 0 Å². The largest absolute Gasteiger partial charge is 0.472 e. The zero-order chi connectivity index (χ0) is 72.3. The maximum atomic E-state index is 13.0. The van der Waals surface area contributed by atoms with Gasteiger partial charge in [-0.3, -0.25) is 32.5 Å². The summed E-state index contributed by atoms with van der Waals surface area (Å²) in [5, 5.41) is 20.6. The number of rotatable bonds is 68. The summed E-state index contributed by atoms with van der Waals surface area (Å²) in [6, 6.07) is 0. The van der Waals surface area contributed by atoms with Crippen LogP contribution >= 0.6 is 15.6 Å². The highest BCUT2D eigenvalue weighted by atomic mass is 31.2. The Morgan fingerprint density at radius 1 is 0.293 bits per heavy atom. The SMILES string of the molecule is CC/C=C\C/C=C\C/C=C\C/C=C\C/C=C\C/C=C\CCCCCCC(=O)OCC(O)COP(=O)(O)OCC(O)COP(=O)(O)OCC(COC(=O)CCCC/C=C\C/C=C\C/C=C\C/C=C\C/C=C\C/C=C\CC)OC(=O)CCCCCCCC/C=C\C/C=C\C/C=C\CCCCC. The smallest absolute Gasteiger partial charge is 0.463 e. The van der Waals surface area contributed by atoms with Gasteiger partial charge in [0.2, 0.25) is 0 Å². The molecule has 99 heavy (non-hydrogen) atoms. The van der Waals surface area contributed by atoms with Crippen LogP contribution in [-0.4, -0.2) is 95.9 Å². The summed E-state index contributed by atoms with van der Waals surface area (Å²) in [7, 11) is -9.83. The average Bonchev–Trinajstić information content (AvgIpc) is 2.30. The maximum absolute atomic E-state index is 13.0. The lowest BCUT2D eigenvalue weighted by atomic mass is 10.1. The predicted octanol–water partition coefficient (Wildman–Crippen LogP) is 21.4. The Hall–Kier alpha value is -5.35. The van der Waals surface area contributed by atoms with Crippen molar-refractivity contribution in [3.05, 3.63) is 182 Å². The van der Waals surface area contributed by atoms with Crippen LogP contribution in [0.25, 0.3) is 0 Å². The number of carbonyl (C=O) groups excluding carboxylic acids is 3. The van der Waals surface area contributed by atoms with Gasteiger partial charge in [-0.2, -0.15) is 0 Å². The zero-order valence-electron chi connectivity index (χ0n) is 60.8. The van der Waals surface area contributed by atoms with Crippen LogP contribution in [0.15, 0.2) is 182 Å². The molecular formula is C81H130O16P2. The quantitative estimate of drug-likeness (QED) is 0.0146. The van der Waals surface area contributed by atoms with Crippen molar-refractivity contribution in [2.75, 3.05) is 39.6 Å². The third kappa shape index (κ3) is 73.7. The first kappa shape index (κ1) is 93.6. The Bertz CT molecular complexity index is 2530. The first-order valence-corrected chi connectivity index (χ1v) is 40.1. The normalized spacial score (nSPS) is 15.1. The molecule has 0 heterocycles. The molecule has 0 aromatic heterocycles. The van der Waals surface area contributed by atoms with E-state index in [1.165, 1.54) is 19.3 Å². The number of aliphatic hydroxyl groups excluding tert-OH is 2. The van der Waals surface area contributed by atoms with E-state index in [-0.39, 0.29) is 19.3 Å². The minimum absolute atomic E-state index is 0.0718. The Morgan fingerprint density at radius 2 is 0.535 bits per heavy atom. The molecule has 18 heteroatoms. The van der Waals surface area contributed by atoms with Gasteiger partial charge in [0.05, 0.1) is 26.4 Å². The predicted molar refractivity (Wildman–Crippen MR) is 408 cm³/mol. The van der Waals surface area contributed by atoms with Crippen molar-refractivity contribution in [3.8, 4) is 0 Å². The summed E-state index contributed by atoms with van der Waals surface area (Å²) < 4.78 is 61.0. The molecule has 0 amide bonds. The van der Waals surface area contributed by atoms with Gasteiger partial charge in [-0.25, -0.2) is 9.13 Å². The average molecular weight is 1420 g/mol. The van der Waals surface area contributed by atoms with Gasteiger partial charge in [-0.15, -0.1) is 0 Å². The van der Waals surface area contributed by atoms with Crippen LogP contribution in [0.2, 0.25) is 0 Å². The lowest BCUT2D eigenvalue weighted by molar-refractivity contribution is -0.161. The van der Waals surface area contributed by atoms with Crippen LogP contribution in [0.3, 0.4) is 0 Å². The Morgan fingerprint density at radius 3 is 0.869 bits per heavy atom. The molecule has 0 aromatic rings. The monoisotopic (exact) mass is 1420 g/mol. The van der Waals surface area contributed by atoms with Crippen molar-refractivity contribution in [2.45, 2.75) is 270 Å². The highest BCUT2D eigenvalue weighted by Crippen LogP contribution is 2.45. The summed E-state index contributed by atoms with van der Waals surface area (Å²) in [6.45, 7) is 2.29. The summed E-state index contributed by atoms with van der Waals surface area (Å²) in [5.74, 6) is -1.68. The fourth-order valence-electron chi connectivity index (χ4n) is 8.99.